The Kier molecular flexibility index (Phi) is 5.85. The van der Waals surface area contributed by atoms with Gasteiger partial charge in [0.1, 0.15) is 0 Å². The van der Waals surface area contributed by atoms with E-state index >= 15 is 0 Å². The van der Waals surface area contributed by atoms with E-state index in [4.69, 9.17) is 11.6 Å². The Hall–Kier alpha value is -0.840. The number of halogens is 3. The molecular formula is C16H14Br2ClNO. The molecule has 0 fully saturated rings. The molecule has 2 aromatic carbocycles. The summed E-state index contributed by atoms with van der Waals surface area (Å²) in [5.41, 5.74) is 1.59. The van der Waals surface area contributed by atoms with Crippen LogP contribution in [0, 0.1) is 0 Å². The van der Waals surface area contributed by atoms with Crippen molar-refractivity contribution in [3.05, 3.63) is 67.6 Å². The SMILES string of the molecule is CCN(Cc1ccccc1Cl)C(=O)c1cc(Br)cc(Br)c1. The molecule has 0 heterocycles. The summed E-state index contributed by atoms with van der Waals surface area (Å²) in [4.78, 5) is 14.4. The standard InChI is InChI=1S/C16H14Br2ClNO/c1-2-20(10-11-5-3-4-6-15(11)19)16(21)12-7-13(17)9-14(18)8-12/h3-9H,2,10H2,1H3. The van der Waals surface area contributed by atoms with Gasteiger partial charge in [-0.1, -0.05) is 61.7 Å². The lowest BCUT2D eigenvalue weighted by Gasteiger charge is -2.22. The van der Waals surface area contributed by atoms with Gasteiger partial charge in [0.2, 0.25) is 0 Å². The smallest absolute Gasteiger partial charge is 0.254 e. The molecule has 0 aliphatic heterocycles. The number of carbonyl (C=O) groups is 1. The number of nitrogens with zero attached hydrogens (tertiary/aromatic N) is 1. The van der Waals surface area contributed by atoms with Gasteiger partial charge in [0.25, 0.3) is 5.91 Å². The van der Waals surface area contributed by atoms with E-state index in [1.807, 2.05) is 49.4 Å². The molecule has 0 N–H and O–H groups in total. The molecule has 0 saturated carbocycles. The molecule has 0 aliphatic carbocycles. The van der Waals surface area contributed by atoms with Crippen molar-refractivity contribution in [2.24, 2.45) is 0 Å². The van der Waals surface area contributed by atoms with Gasteiger partial charge in [-0.25, -0.2) is 0 Å². The number of rotatable bonds is 4. The highest BCUT2D eigenvalue weighted by molar-refractivity contribution is 9.11. The predicted molar refractivity (Wildman–Crippen MR) is 93.7 cm³/mol. The minimum Gasteiger partial charge on any atom is -0.335 e. The molecule has 21 heavy (non-hydrogen) atoms. The zero-order valence-electron chi connectivity index (χ0n) is 11.4. The van der Waals surface area contributed by atoms with Crippen LogP contribution in [0.3, 0.4) is 0 Å². The average Bonchev–Trinajstić information content (AvgIpc) is 2.44. The Morgan fingerprint density at radius 2 is 1.76 bits per heavy atom. The maximum atomic E-state index is 12.6. The lowest BCUT2D eigenvalue weighted by atomic mass is 10.1. The van der Waals surface area contributed by atoms with Gasteiger partial charge in [0.05, 0.1) is 0 Å². The van der Waals surface area contributed by atoms with Gasteiger partial charge in [0, 0.05) is 32.6 Å². The minimum absolute atomic E-state index is 0.0144. The maximum absolute atomic E-state index is 12.6. The predicted octanol–water partition coefficient (Wildman–Crippen LogP) is 5.53. The van der Waals surface area contributed by atoms with Crippen LogP contribution in [0.25, 0.3) is 0 Å². The van der Waals surface area contributed by atoms with E-state index < -0.39 is 0 Å². The second-order valence-electron chi connectivity index (χ2n) is 4.57. The van der Waals surface area contributed by atoms with Crippen molar-refractivity contribution in [2.75, 3.05) is 6.54 Å². The first-order valence-corrected chi connectivity index (χ1v) is 8.46. The molecule has 0 spiro atoms. The van der Waals surface area contributed by atoms with Crippen LogP contribution >= 0.6 is 43.5 Å². The van der Waals surface area contributed by atoms with Crippen molar-refractivity contribution < 1.29 is 4.79 Å². The molecule has 0 bridgehead atoms. The van der Waals surface area contributed by atoms with E-state index in [1.165, 1.54) is 0 Å². The number of carbonyl (C=O) groups excluding carboxylic acids is 1. The van der Waals surface area contributed by atoms with Crippen molar-refractivity contribution in [1.29, 1.82) is 0 Å². The Balaban J connectivity index is 2.24. The minimum atomic E-state index is -0.0144. The Morgan fingerprint density at radius 1 is 1.14 bits per heavy atom. The first kappa shape index (κ1) is 16.5. The van der Waals surface area contributed by atoms with Crippen LogP contribution in [0.15, 0.2) is 51.4 Å². The fourth-order valence-corrected chi connectivity index (χ4v) is 3.51. The molecule has 0 aliphatic rings. The third kappa shape index (κ3) is 4.31. The van der Waals surface area contributed by atoms with Crippen molar-refractivity contribution in [2.45, 2.75) is 13.5 Å². The second-order valence-corrected chi connectivity index (χ2v) is 6.81. The van der Waals surface area contributed by atoms with Gasteiger partial charge in [0.15, 0.2) is 0 Å². The van der Waals surface area contributed by atoms with Crippen molar-refractivity contribution in [1.82, 2.24) is 4.90 Å². The highest BCUT2D eigenvalue weighted by Gasteiger charge is 2.16. The highest BCUT2D eigenvalue weighted by Crippen LogP contribution is 2.23. The van der Waals surface area contributed by atoms with E-state index in [-0.39, 0.29) is 5.91 Å². The van der Waals surface area contributed by atoms with Gasteiger partial charge < -0.3 is 4.90 Å². The summed E-state index contributed by atoms with van der Waals surface area (Å²) in [5.74, 6) is -0.0144. The van der Waals surface area contributed by atoms with E-state index in [2.05, 4.69) is 31.9 Å². The van der Waals surface area contributed by atoms with Crippen LogP contribution in [0.4, 0.5) is 0 Å². The summed E-state index contributed by atoms with van der Waals surface area (Å²) in [5, 5.41) is 0.680. The molecule has 0 radical (unpaired) electrons. The van der Waals surface area contributed by atoms with Gasteiger partial charge in [-0.2, -0.15) is 0 Å². The van der Waals surface area contributed by atoms with E-state index in [1.54, 1.807) is 4.90 Å². The quantitative estimate of drug-likeness (QED) is 0.624. The van der Waals surface area contributed by atoms with Crippen LogP contribution in [-0.2, 0) is 6.54 Å². The molecular weight excluding hydrogens is 417 g/mol. The van der Waals surface area contributed by atoms with Crippen LogP contribution in [0.5, 0.6) is 0 Å². The largest absolute Gasteiger partial charge is 0.335 e. The molecule has 0 unspecified atom stereocenters. The Morgan fingerprint density at radius 3 is 2.33 bits per heavy atom. The zero-order chi connectivity index (χ0) is 15.4. The number of hydrogen-bond donors (Lipinski definition) is 0. The highest BCUT2D eigenvalue weighted by atomic mass is 79.9. The normalized spacial score (nSPS) is 10.5. The monoisotopic (exact) mass is 429 g/mol. The van der Waals surface area contributed by atoms with Crippen molar-refractivity contribution in [3.8, 4) is 0 Å². The molecule has 2 nitrogen and oxygen atoms in total. The average molecular weight is 432 g/mol. The number of hydrogen-bond acceptors (Lipinski definition) is 1. The Bertz CT molecular complexity index is 640. The van der Waals surface area contributed by atoms with Gasteiger partial charge in [-0.3, -0.25) is 4.79 Å². The molecule has 5 heteroatoms. The lowest BCUT2D eigenvalue weighted by molar-refractivity contribution is 0.0752. The third-order valence-electron chi connectivity index (χ3n) is 3.10. The van der Waals surface area contributed by atoms with Gasteiger partial charge in [-0.05, 0) is 36.8 Å². The van der Waals surface area contributed by atoms with Crippen LogP contribution in [-0.4, -0.2) is 17.4 Å². The summed E-state index contributed by atoms with van der Waals surface area (Å²) in [6, 6.07) is 13.1. The maximum Gasteiger partial charge on any atom is 0.254 e. The molecule has 2 aromatic rings. The zero-order valence-corrected chi connectivity index (χ0v) is 15.4. The summed E-state index contributed by atoms with van der Waals surface area (Å²) < 4.78 is 1.74. The third-order valence-corrected chi connectivity index (χ3v) is 4.38. The van der Waals surface area contributed by atoms with Crippen molar-refractivity contribution >= 4 is 49.4 Å². The topological polar surface area (TPSA) is 20.3 Å². The van der Waals surface area contributed by atoms with E-state index in [9.17, 15) is 4.79 Å². The number of benzene rings is 2. The lowest BCUT2D eigenvalue weighted by Crippen LogP contribution is -2.30. The van der Waals surface area contributed by atoms with Crippen LogP contribution < -0.4 is 0 Å². The second kappa shape index (κ2) is 7.43. The molecule has 110 valence electrons. The first-order valence-electron chi connectivity index (χ1n) is 6.50. The first-order chi connectivity index (χ1) is 10.0. The molecule has 0 saturated heterocycles. The van der Waals surface area contributed by atoms with E-state index in [0.717, 1.165) is 14.5 Å². The summed E-state index contributed by atoms with van der Waals surface area (Å²) in [6.07, 6.45) is 0. The molecule has 1 amide bonds. The number of amides is 1. The van der Waals surface area contributed by atoms with E-state index in [0.29, 0.717) is 23.7 Å². The van der Waals surface area contributed by atoms with Crippen molar-refractivity contribution in [3.63, 3.8) is 0 Å². The summed E-state index contributed by atoms with van der Waals surface area (Å²) in [7, 11) is 0. The van der Waals surface area contributed by atoms with Crippen LogP contribution in [0.2, 0.25) is 5.02 Å². The molecule has 2 rings (SSSR count). The fraction of sp³-hybridized carbons (Fsp3) is 0.188. The fourth-order valence-electron chi connectivity index (χ4n) is 2.02. The van der Waals surface area contributed by atoms with Gasteiger partial charge >= 0.3 is 0 Å². The summed E-state index contributed by atoms with van der Waals surface area (Å²) >= 11 is 13.0. The summed E-state index contributed by atoms with van der Waals surface area (Å²) in [6.45, 7) is 3.08. The molecule has 0 atom stereocenters. The Labute approximate surface area is 146 Å². The van der Waals surface area contributed by atoms with Gasteiger partial charge in [-0.15, -0.1) is 0 Å². The molecule has 0 aromatic heterocycles. The van der Waals surface area contributed by atoms with Crippen LogP contribution in [0.1, 0.15) is 22.8 Å².